The van der Waals surface area contributed by atoms with Gasteiger partial charge in [-0.25, -0.2) is 0 Å². The van der Waals surface area contributed by atoms with Gasteiger partial charge in [0.25, 0.3) is 5.91 Å². The van der Waals surface area contributed by atoms with Gasteiger partial charge in [0, 0.05) is 39.3 Å². The summed E-state index contributed by atoms with van der Waals surface area (Å²) in [5, 5.41) is 9.70. The third-order valence-corrected chi connectivity index (χ3v) is 3.90. The molecule has 1 atom stereocenters. The van der Waals surface area contributed by atoms with E-state index in [1.54, 1.807) is 38.4 Å². The maximum Gasteiger partial charge on any atom is 0.418 e. The van der Waals surface area contributed by atoms with Crippen LogP contribution < -0.4 is 0 Å². The van der Waals surface area contributed by atoms with Crippen molar-refractivity contribution in [2.45, 2.75) is 24.7 Å². The predicted molar refractivity (Wildman–Crippen MR) is 75.4 cm³/mol. The van der Waals surface area contributed by atoms with Gasteiger partial charge in [-0.2, -0.15) is 13.2 Å². The van der Waals surface area contributed by atoms with Gasteiger partial charge in [-0.1, -0.05) is 18.2 Å². The Balaban J connectivity index is 2.15. The highest BCUT2D eigenvalue weighted by atomic mass is 19.4. The van der Waals surface area contributed by atoms with Crippen LogP contribution in [0, 0.1) is 0 Å². The number of β-amino-alcohol motifs (C(OH)–C–C–N with tert-alkyl or cyclic N) is 1. The van der Waals surface area contributed by atoms with E-state index in [2.05, 4.69) is 0 Å². The van der Waals surface area contributed by atoms with Gasteiger partial charge in [0.2, 0.25) is 0 Å². The fourth-order valence-corrected chi connectivity index (χ4v) is 2.59. The molecule has 0 spiro atoms. The minimum atomic E-state index is -4.64. The number of halogens is 3. The molecule has 4 nitrogen and oxygen atoms in total. The zero-order valence-electron chi connectivity index (χ0n) is 12.5. The number of carbonyl (C=O) groups is 1. The SMILES string of the molecule is CN(C)C(=O)c1ccccc1CN1CCC(O)(C(F)(F)F)C1. The molecule has 1 fully saturated rings. The van der Waals surface area contributed by atoms with Crippen LogP contribution in [0.2, 0.25) is 0 Å². The average Bonchev–Trinajstić information content (AvgIpc) is 2.81. The van der Waals surface area contributed by atoms with E-state index < -0.39 is 18.3 Å². The molecule has 122 valence electrons. The summed E-state index contributed by atoms with van der Waals surface area (Å²) in [6, 6.07) is 6.84. The number of carbonyl (C=O) groups excluding carboxylic acids is 1. The fraction of sp³-hybridized carbons (Fsp3) is 0.533. The predicted octanol–water partition coefficient (Wildman–Crippen LogP) is 1.89. The first kappa shape index (κ1) is 16.8. The Bertz CT molecular complexity index is 560. The number of alkyl halides is 3. The topological polar surface area (TPSA) is 43.8 Å². The summed E-state index contributed by atoms with van der Waals surface area (Å²) in [7, 11) is 3.24. The monoisotopic (exact) mass is 316 g/mol. The summed E-state index contributed by atoms with van der Waals surface area (Å²) >= 11 is 0. The van der Waals surface area contributed by atoms with E-state index in [9.17, 15) is 23.1 Å². The van der Waals surface area contributed by atoms with E-state index in [0.717, 1.165) is 0 Å². The van der Waals surface area contributed by atoms with Gasteiger partial charge in [0.05, 0.1) is 0 Å². The summed E-state index contributed by atoms with van der Waals surface area (Å²) in [6.45, 7) is -0.129. The van der Waals surface area contributed by atoms with Crippen molar-refractivity contribution < 1.29 is 23.1 Å². The molecule has 0 aliphatic carbocycles. The third-order valence-electron chi connectivity index (χ3n) is 3.90. The molecule has 1 amide bonds. The Labute approximate surface area is 127 Å². The van der Waals surface area contributed by atoms with Crippen LogP contribution in [-0.2, 0) is 6.54 Å². The minimum Gasteiger partial charge on any atom is -0.379 e. The van der Waals surface area contributed by atoms with Gasteiger partial charge < -0.3 is 10.0 Å². The summed E-state index contributed by atoms with van der Waals surface area (Å²) < 4.78 is 38.5. The lowest BCUT2D eigenvalue weighted by molar-refractivity contribution is -0.254. The van der Waals surface area contributed by atoms with E-state index in [1.807, 2.05) is 0 Å². The number of aliphatic hydroxyl groups is 1. The second kappa shape index (κ2) is 5.89. The van der Waals surface area contributed by atoms with Crippen LogP contribution in [0.15, 0.2) is 24.3 Å². The maximum atomic E-state index is 12.8. The fourth-order valence-electron chi connectivity index (χ4n) is 2.59. The zero-order chi connectivity index (χ0) is 16.5. The van der Waals surface area contributed by atoms with Crippen LogP contribution in [0.3, 0.4) is 0 Å². The Kier molecular flexibility index (Phi) is 4.49. The summed E-state index contributed by atoms with van der Waals surface area (Å²) in [4.78, 5) is 15.1. The molecule has 0 saturated carbocycles. The highest BCUT2D eigenvalue weighted by molar-refractivity contribution is 5.95. The molecule has 2 rings (SSSR count). The van der Waals surface area contributed by atoms with E-state index in [0.29, 0.717) is 11.1 Å². The molecule has 1 unspecified atom stereocenters. The normalized spacial score (nSPS) is 22.8. The largest absolute Gasteiger partial charge is 0.418 e. The van der Waals surface area contributed by atoms with Crippen molar-refractivity contribution in [2.24, 2.45) is 0 Å². The number of hydrogen-bond acceptors (Lipinski definition) is 3. The van der Waals surface area contributed by atoms with Gasteiger partial charge in [0.15, 0.2) is 5.60 Å². The lowest BCUT2D eigenvalue weighted by Gasteiger charge is -2.26. The molecule has 0 radical (unpaired) electrons. The number of nitrogens with zero attached hydrogens (tertiary/aromatic N) is 2. The van der Waals surface area contributed by atoms with Crippen molar-refractivity contribution in [3.8, 4) is 0 Å². The average molecular weight is 316 g/mol. The van der Waals surface area contributed by atoms with Crippen LogP contribution in [-0.4, -0.2) is 59.8 Å². The first-order valence-electron chi connectivity index (χ1n) is 6.95. The Morgan fingerprint density at radius 3 is 2.55 bits per heavy atom. The van der Waals surface area contributed by atoms with Crippen molar-refractivity contribution in [1.82, 2.24) is 9.80 Å². The van der Waals surface area contributed by atoms with Crippen LogP contribution >= 0.6 is 0 Å². The Hall–Kier alpha value is -1.60. The van der Waals surface area contributed by atoms with Gasteiger partial charge in [-0.15, -0.1) is 0 Å². The van der Waals surface area contributed by atoms with Crippen molar-refractivity contribution in [1.29, 1.82) is 0 Å². The van der Waals surface area contributed by atoms with Gasteiger partial charge in [0.1, 0.15) is 0 Å². The van der Waals surface area contributed by atoms with Crippen molar-refractivity contribution >= 4 is 5.91 Å². The summed E-state index contributed by atoms with van der Waals surface area (Å²) in [5.74, 6) is -0.194. The highest BCUT2D eigenvalue weighted by Gasteiger charge is 2.56. The van der Waals surface area contributed by atoms with E-state index >= 15 is 0 Å². The van der Waals surface area contributed by atoms with Crippen molar-refractivity contribution in [3.63, 3.8) is 0 Å². The van der Waals surface area contributed by atoms with Crippen LogP contribution in [0.5, 0.6) is 0 Å². The van der Waals surface area contributed by atoms with Crippen molar-refractivity contribution in [2.75, 3.05) is 27.2 Å². The highest BCUT2D eigenvalue weighted by Crippen LogP contribution is 2.38. The Morgan fingerprint density at radius 2 is 2.00 bits per heavy atom. The second-order valence-corrected chi connectivity index (χ2v) is 5.85. The molecule has 1 N–H and O–H groups in total. The van der Waals surface area contributed by atoms with E-state index in [-0.39, 0.29) is 25.4 Å². The van der Waals surface area contributed by atoms with E-state index in [1.165, 1.54) is 9.80 Å². The summed E-state index contributed by atoms with van der Waals surface area (Å²) in [6.07, 6.45) is -4.99. The molecular formula is C15H19F3N2O2. The summed E-state index contributed by atoms with van der Waals surface area (Å²) in [5.41, 5.74) is -1.53. The maximum absolute atomic E-state index is 12.8. The van der Waals surface area contributed by atoms with Gasteiger partial charge in [-0.3, -0.25) is 9.69 Å². The molecule has 1 saturated heterocycles. The molecule has 7 heteroatoms. The zero-order valence-corrected chi connectivity index (χ0v) is 12.5. The lowest BCUT2D eigenvalue weighted by Crippen LogP contribution is -2.47. The number of hydrogen-bond donors (Lipinski definition) is 1. The van der Waals surface area contributed by atoms with Crippen LogP contribution in [0.25, 0.3) is 0 Å². The van der Waals surface area contributed by atoms with E-state index in [4.69, 9.17) is 0 Å². The molecular weight excluding hydrogens is 297 g/mol. The van der Waals surface area contributed by atoms with Gasteiger partial charge in [-0.05, 0) is 18.1 Å². The third kappa shape index (κ3) is 3.25. The molecule has 1 aromatic carbocycles. The first-order chi connectivity index (χ1) is 10.1. The molecule has 0 bridgehead atoms. The number of rotatable bonds is 3. The molecule has 1 aliphatic heterocycles. The first-order valence-corrected chi connectivity index (χ1v) is 6.95. The molecule has 22 heavy (non-hydrogen) atoms. The Morgan fingerprint density at radius 1 is 1.36 bits per heavy atom. The number of likely N-dealkylation sites (tertiary alicyclic amines) is 1. The lowest BCUT2D eigenvalue weighted by atomic mass is 10.0. The van der Waals surface area contributed by atoms with Crippen LogP contribution in [0.4, 0.5) is 13.2 Å². The molecule has 1 heterocycles. The number of benzene rings is 1. The molecule has 1 aromatic rings. The second-order valence-electron chi connectivity index (χ2n) is 5.85. The van der Waals surface area contributed by atoms with Crippen LogP contribution in [0.1, 0.15) is 22.3 Å². The minimum absolute atomic E-state index is 0.139. The smallest absolute Gasteiger partial charge is 0.379 e. The molecule has 1 aliphatic rings. The standard InChI is InChI=1S/C15H19F3N2O2/c1-19(2)13(21)12-6-4-3-5-11(12)9-20-8-7-14(22,10-20)15(16,17)18/h3-6,22H,7-10H2,1-2H3. The molecule has 0 aromatic heterocycles. The quantitative estimate of drug-likeness (QED) is 0.926. The van der Waals surface area contributed by atoms with Crippen molar-refractivity contribution in [3.05, 3.63) is 35.4 Å². The number of amides is 1. The van der Waals surface area contributed by atoms with Gasteiger partial charge >= 0.3 is 6.18 Å².